The molecule has 0 aliphatic heterocycles. The number of hydrogen-bond acceptors (Lipinski definition) is 2. The van der Waals surface area contributed by atoms with Gasteiger partial charge in [-0.3, -0.25) is 4.79 Å². The van der Waals surface area contributed by atoms with Gasteiger partial charge in [-0.15, -0.1) is 6.58 Å². The van der Waals surface area contributed by atoms with Crippen molar-refractivity contribution in [3.63, 3.8) is 0 Å². The molecule has 2 heteroatoms. The van der Waals surface area contributed by atoms with E-state index < -0.39 is 0 Å². The Morgan fingerprint density at radius 3 is 2.11 bits per heavy atom. The lowest BCUT2D eigenvalue weighted by Gasteiger charge is -1.89. The van der Waals surface area contributed by atoms with Crippen molar-refractivity contribution in [1.29, 1.82) is 0 Å². The van der Waals surface area contributed by atoms with Crippen molar-refractivity contribution in [1.82, 2.24) is 0 Å². The van der Waals surface area contributed by atoms with E-state index in [0.717, 1.165) is 0 Å². The molecule has 0 amide bonds. The van der Waals surface area contributed by atoms with Crippen molar-refractivity contribution in [2.24, 2.45) is 0 Å². The van der Waals surface area contributed by atoms with Crippen molar-refractivity contribution in [2.45, 2.75) is 20.8 Å². The van der Waals surface area contributed by atoms with Gasteiger partial charge < -0.3 is 4.74 Å². The lowest BCUT2D eigenvalue weighted by atomic mass is 10.8. The molecule has 0 aromatic carbocycles. The molecule has 54 valence electrons. The molecule has 0 rings (SSSR count). The minimum absolute atomic E-state index is 0.211. The van der Waals surface area contributed by atoms with Crippen LogP contribution in [0.4, 0.5) is 0 Å². The molecule has 0 bridgehead atoms. The van der Waals surface area contributed by atoms with E-state index in [9.17, 15) is 4.79 Å². The maximum atomic E-state index is 9.82. The molecule has 0 spiro atoms. The number of esters is 1. The maximum Gasteiger partial charge on any atom is 0.302 e. The van der Waals surface area contributed by atoms with Crippen LogP contribution < -0.4 is 0 Å². The summed E-state index contributed by atoms with van der Waals surface area (Å²) >= 11 is 0. The normalized spacial score (nSPS) is 6.56. The highest BCUT2D eigenvalue weighted by molar-refractivity contribution is 5.65. The lowest BCUT2D eigenvalue weighted by Crippen LogP contribution is -1.95. The summed E-state index contributed by atoms with van der Waals surface area (Å²) in [6, 6.07) is 0. The highest BCUT2D eigenvalue weighted by Crippen LogP contribution is 1.69. The third kappa shape index (κ3) is 40.1. The van der Waals surface area contributed by atoms with E-state index in [-0.39, 0.29) is 5.97 Å². The molecule has 0 radical (unpaired) electrons. The summed E-state index contributed by atoms with van der Waals surface area (Å²) in [5.74, 6) is -0.211. The minimum atomic E-state index is -0.211. The van der Waals surface area contributed by atoms with Crippen LogP contribution in [0.15, 0.2) is 12.7 Å². The number of carbonyl (C=O) groups is 1. The topological polar surface area (TPSA) is 26.3 Å². The van der Waals surface area contributed by atoms with Gasteiger partial charge in [-0.25, -0.2) is 0 Å². The number of rotatable bonds is 1. The monoisotopic (exact) mass is 130 g/mol. The van der Waals surface area contributed by atoms with Gasteiger partial charge in [0.1, 0.15) is 0 Å². The van der Waals surface area contributed by atoms with E-state index in [1.54, 1.807) is 13.0 Å². The second-order valence-corrected chi connectivity index (χ2v) is 1.33. The van der Waals surface area contributed by atoms with Crippen molar-refractivity contribution in [2.75, 3.05) is 6.61 Å². The van der Waals surface area contributed by atoms with Crippen LogP contribution in [0.2, 0.25) is 0 Å². The molecule has 0 unspecified atom stereocenters. The maximum absolute atomic E-state index is 9.82. The molecular formula is C7H14O2. The third-order valence-corrected chi connectivity index (χ3v) is 0.348. The summed E-state index contributed by atoms with van der Waals surface area (Å²) in [5.41, 5.74) is 0. The van der Waals surface area contributed by atoms with Gasteiger partial charge in [-0.1, -0.05) is 6.08 Å². The first-order valence-corrected chi connectivity index (χ1v) is 2.89. The second kappa shape index (κ2) is 10.2. The fourth-order valence-corrected chi connectivity index (χ4v) is 0.203. The van der Waals surface area contributed by atoms with Gasteiger partial charge in [-0.05, 0) is 13.8 Å². The van der Waals surface area contributed by atoms with Crippen molar-refractivity contribution >= 4 is 5.97 Å². The predicted molar refractivity (Wildman–Crippen MR) is 38.2 cm³/mol. The molecule has 2 nitrogen and oxygen atoms in total. The highest BCUT2D eigenvalue weighted by Gasteiger charge is 1.81. The van der Waals surface area contributed by atoms with Crippen LogP contribution in [0, 0.1) is 0 Å². The van der Waals surface area contributed by atoms with Crippen LogP contribution in [-0.2, 0) is 9.53 Å². The molecule has 0 aromatic heterocycles. The summed E-state index contributed by atoms with van der Waals surface area (Å²) in [4.78, 5) is 9.82. The van der Waals surface area contributed by atoms with Gasteiger partial charge in [0.15, 0.2) is 0 Å². The molecule has 9 heavy (non-hydrogen) atoms. The van der Waals surface area contributed by atoms with Crippen LogP contribution in [0.5, 0.6) is 0 Å². The number of ether oxygens (including phenoxy) is 1. The summed E-state index contributed by atoms with van der Waals surface area (Å²) in [5, 5.41) is 0. The largest absolute Gasteiger partial charge is 0.466 e. The van der Waals surface area contributed by atoms with Crippen LogP contribution in [0.3, 0.4) is 0 Å². The Kier molecular flexibility index (Phi) is 12.6. The Morgan fingerprint density at radius 2 is 2.11 bits per heavy atom. The van der Waals surface area contributed by atoms with Gasteiger partial charge in [-0.2, -0.15) is 0 Å². The summed E-state index contributed by atoms with van der Waals surface area (Å²) in [6.45, 7) is 8.90. The van der Waals surface area contributed by atoms with E-state index in [1.165, 1.54) is 6.92 Å². The van der Waals surface area contributed by atoms with E-state index in [0.29, 0.717) is 6.61 Å². The zero-order valence-electron chi connectivity index (χ0n) is 6.31. The van der Waals surface area contributed by atoms with Gasteiger partial charge in [0.2, 0.25) is 0 Å². The van der Waals surface area contributed by atoms with Gasteiger partial charge >= 0.3 is 5.97 Å². The Bertz CT molecular complexity index is 77.0. The quantitative estimate of drug-likeness (QED) is 0.399. The van der Waals surface area contributed by atoms with Crippen molar-refractivity contribution in [3.8, 4) is 0 Å². The number of allylic oxidation sites excluding steroid dienone is 1. The SMILES string of the molecule is C=CC.CCOC(C)=O. The van der Waals surface area contributed by atoms with E-state index in [2.05, 4.69) is 11.3 Å². The summed E-state index contributed by atoms with van der Waals surface area (Å²) in [6.07, 6.45) is 1.75. The molecule has 0 aliphatic carbocycles. The highest BCUT2D eigenvalue weighted by atomic mass is 16.5. The molecule has 0 fully saturated rings. The predicted octanol–water partition coefficient (Wildman–Crippen LogP) is 1.76. The molecule has 0 atom stereocenters. The number of carbonyl (C=O) groups excluding carboxylic acids is 1. The molecular weight excluding hydrogens is 116 g/mol. The first kappa shape index (κ1) is 11.1. The first-order chi connectivity index (χ1) is 4.18. The molecule has 0 saturated carbocycles. The van der Waals surface area contributed by atoms with Gasteiger partial charge in [0.25, 0.3) is 0 Å². The number of hydrogen-bond donors (Lipinski definition) is 0. The van der Waals surface area contributed by atoms with E-state index >= 15 is 0 Å². The van der Waals surface area contributed by atoms with Crippen LogP contribution in [0.1, 0.15) is 20.8 Å². The van der Waals surface area contributed by atoms with E-state index in [1.807, 2.05) is 6.92 Å². The standard InChI is InChI=1S/C4H8O2.C3H6/c1-3-6-4(2)5;1-3-2/h3H2,1-2H3;3H,1H2,2H3. The fourth-order valence-electron chi connectivity index (χ4n) is 0.203. The minimum Gasteiger partial charge on any atom is -0.466 e. The molecule has 0 aromatic rings. The average molecular weight is 130 g/mol. The average Bonchev–Trinajstić information content (AvgIpc) is 1.67. The molecule has 0 N–H and O–H groups in total. The molecule has 0 aliphatic rings. The fraction of sp³-hybridized carbons (Fsp3) is 0.571. The lowest BCUT2D eigenvalue weighted by molar-refractivity contribution is -0.140. The second-order valence-electron chi connectivity index (χ2n) is 1.33. The van der Waals surface area contributed by atoms with Crippen molar-refractivity contribution < 1.29 is 9.53 Å². The summed E-state index contributed by atoms with van der Waals surface area (Å²) < 4.78 is 4.40. The Balaban J connectivity index is 0. The molecule has 0 heterocycles. The van der Waals surface area contributed by atoms with Crippen LogP contribution >= 0.6 is 0 Å². The van der Waals surface area contributed by atoms with Crippen LogP contribution in [-0.4, -0.2) is 12.6 Å². The summed E-state index contributed by atoms with van der Waals surface area (Å²) in [7, 11) is 0. The van der Waals surface area contributed by atoms with Crippen molar-refractivity contribution in [3.05, 3.63) is 12.7 Å². The van der Waals surface area contributed by atoms with E-state index in [4.69, 9.17) is 0 Å². The zero-order valence-corrected chi connectivity index (χ0v) is 6.31. The Labute approximate surface area is 56.5 Å². The third-order valence-electron chi connectivity index (χ3n) is 0.348. The first-order valence-electron chi connectivity index (χ1n) is 2.89. The van der Waals surface area contributed by atoms with Gasteiger partial charge in [0, 0.05) is 6.92 Å². The van der Waals surface area contributed by atoms with Crippen LogP contribution in [0.25, 0.3) is 0 Å². The Hall–Kier alpha value is -0.790. The zero-order chi connectivity index (χ0) is 7.70. The van der Waals surface area contributed by atoms with Gasteiger partial charge in [0.05, 0.1) is 6.61 Å². The smallest absolute Gasteiger partial charge is 0.302 e. The molecule has 0 saturated heterocycles. The Morgan fingerprint density at radius 1 is 1.78 bits per heavy atom.